The van der Waals surface area contributed by atoms with Gasteiger partial charge in [0.2, 0.25) is 17.8 Å². The zero-order valence-electron chi connectivity index (χ0n) is 29.2. The van der Waals surface area contributed by atoms with Crippen LogP contribution in [0.25, 0.3) is 11.4 Å². The first-order chi connectivity index (χ1) is 24.2. The first-order valence-corrected chi connectivity index (χ1v) is 17.6. The second-order valence-electron chi connectivity index (χ2n) is 13.3. The maximum absolute atomic E-state index is 13.0. The number of carbonyl (C=O) groups excluding carboxylic acids is 3. The number of carbonyl (C=O) groups is 3. The lowest BCUT2D eigenvalue weighted by Crippen LogP contribution is -2.46. The molecule has 6 rings (SSSR count). The zero-order valence-corrected chi connectivity index (χ0v) is 29.2. The van der Waals surface area contributed by atoms with Gasteiger partial charge in [-0.25, -0.2) is 4.79 Å². The number of likely N-dealkylation sites (tertiary alicyclic amines) is 1. The highest BCUT2D eigenvalue weighted by molar-refractivity contribution is 6.00. The number of morpholine rings is 1. The van der Waals surface area contributed by atoms with Crippen LogP contribution < -0.4 is 25.8 Å². The van der Waals surface area contributed by atoms with Gasteiger partial charge in [0, 0.05) is 93.9 Å². The van der Waals surface area contributed by atoms with Gasteiger partial charge in [0.25, 0.3) is 5.91 Å². The number of urea groups is 1. The Balaban J connectivity index is 1.08. The third-order valence-electron chi connectivity index (χ3n) is 9.43. The quantitative estimate of drug-likeness (QED) is 0.321. The van der Waals surface area contributed by atoms with Gasteiger partial charge < -0.3 is 35.4 Å². The molecule has 0 unspecified atom stereocenters. The molecule has 3 fully saturated rings. The first-order valence-electron chi connectivity index (χ1n) is 17.6. The Morgan fingerprint density at radius 3 is 1.94 bits per heavy atom. The van der Waals surface area contributed by atoms with E-state index in [-0.39, 0.29) is 17.9 Å². The van der Waals surface area contributed by atoms with E-state index in [2.05, 4.69) is 44.5 Å². The van der Waals surface area contributed by atoms with Crippen LogP contribution in [-0.2, 0) is 9.53 Å². The third-order valence-corrected chi connectivity index (χ3v) is 9.43. The number of aromatic nitrogens is 3. The summed E-state index contributed by atoms with van der Waals surface area (Å²) >= 11 is 0. The van der Waals surface area contributed by atoms with E-state index in [4.69, 9.17) is 19.7 Å². The van der Waals surface area contributed by atoms with Crippen molar-refractivity contribution in [1.82, 2.24) is 30.1 Å². The molecular weight excluding hydrogens is 636 g/mol. The van der Waals surface area contributed by atoms with Crippen molar-refractivity contribution in [3.8, 4) is 11.4 Å². The van der Waals surface area contributed by atoms with Gasteiger partial charge >= 0.3 is 6.03 Å². The molecule has 0 spiro atoms. The third kappa shape index (κ3) is 9.04. The fourth-order valence-electron chi connectivity index (χ4n) is 6.57. The number of nitrogens with one attached hydrogen (secondary N) is 3. The monoisotopic (exact) mass is 684 g/mol. The van der Waals surface area contributed by atoms with Gasteiger partial charge in [0.05, 0.1) is 13.2 Å². The molecule has 0 atom stereocenters. The van der Waals surface area contributed by atoms with Crippen molar-refractivity contribution in [2.75, 3.05) is 86.0 Å². The summed E-state index contributed by atoms with van der Waals surface area (Å²) in [7, 11) is 0. The van der Waals surface area contributed by atoms with Gasteiger partial charge in [0.15, 0.2) is 5.82 Å². The number of piperidine rings is 1. The molecule has 14 nitrogen and oxygen atoms in total. The Hall–Kier alpha value is -4.82. The van der Waals surface area contributed by atoms with Crippen molar-refractivity contribution in [2.45, 2.75) is 52.1 Å². The van der Waals surface area contributed by atoms with Crippen molar-refractivity contribution in [3.63, 3.8) is 0 Å². The Bertz CT molecular complexity index is 1620. The van der Waals surface area contributed by atoms with E-state index in [0.29, 0.717) is 67.0 Å². The minimum absolute atomic E-state index is 0.0488. The topological polar surface area (TPSA) is 148 Å². The van der Waals surface area contributed by atoms with Crippen LogP contribution in [0.3, 0.4) is 0 Å². The van der Waals surface area contributed by atoms with Crippen LogP contribution in [-0.4, -0.2) is 120 Å². The Labute approximate surface area is 293 Å². The van der Waals surface area contributed by atoms with E-state index in [1.807, 2.05) is 24.3 Å². The normalized spacial score (nSPS) is 17.7. The fraction of sp³-hybridized carbons (Fsp3) is 0.500. The van der Waals surface area contributed by atoms with Crippen molar-refractivity contribution in [2.24, 2.45) is 0 Å². The van der Waals surface area contributed by atoms with Gasteiger partial charge in [-0.05, 0) is 81.6 Å². The molecule has 3 aromatic rings. The summed E-state index contributed by atoms with van der Waals surface area (Å²) in [4.78, 5) is 60.6. The number of hydrogen-bond acceptors (Lipinski definition) is 10. The lowest BCUT2D eigenvalue weighted by atomic mass is 10.0. The summed E-state index contributed by atoms with van der Waals surface area (Å²) in [6, 6.07) is 14.5. The highest BCUT2D eigenvalue weighted by atomic mass is 16.5. The summed E-state index contributed by atoms with van der Waals surface area (Å²) in [6.45, 7) is 13.6. The maximum Gasteiger partial charge on any atom is 0.323 e. The van der Waals surface area contributed by atoms with Crippen molar-refractivity contribution in [3.05, 3.63) is 54.1 Å². The molecule has 3 N–H and O–H groups in total. The number of benzene rings is 2. The van der Waals surface area contributed by atoms with E-state index < -0.39 is 6.03 Å². The molecular formula is C36H48N10O4. The lowest BCUT2D eigenvalue weighted by Gasteiger charge is -2.32. The molecule has 0 saturated carbocycles. The summed E-state index contributed by atoms with van der Waals surface area (Å²) in [6.07, 6.45) is 2.50. The molecule has 4 amide bonds. The molecule has 4 heterocycles. The highest BCUT2D eigenvalue weighted by Gasteiger charge is 2.25. The molecule has 0 aliphatic carbocycles. The summed E-state index contributed by atoms with van der Waals surface area (Å²) in [5.41, 5.74) is 2.56. The number of nitrogens with zero attached hydrogens (tertiary/aromatic N) is 7. The van der Waals surface area contributed by atoms with Crippen molar-refractivity contribution in [1.29, 1.82) is 0 Å². The average Bonchev–Trinajstić information content (AvgIpc) is 3.39. The van der Waals surface area contributed by atoms with Gasteiger partial charge in [-0.15, -0.1) is 0 Å². The van der Waals surface area contributed by atoms with Crippen molar-refractivity contribution < 1.29 is 19.1 Å². The number of hydrogen-bond donors (Lipinski definition) is 3. The van der Waals surface area contributed by atoms with E-state index >= 15 is 0 Å². The average molecular weight is 685 g/mol. The lowest BCUT2D eigenvalue weighted by molar-refractivity contribution is -0.119. The molecule has 1 aromatic heterocycles. The molecule has 14 heteroatoms. The highest BCUT2D eigenvalue weighted by Crippen LogP contribution is 2.25. The minimum Gasteiger partial charge on any atom is -0.378 e. The smallest absolute Gasteiger partial charge is 0.323 e. The van der Waals surface area contributed by atoms with Crippen LogP contribution in [0.2, 0.25) is 0 Å². The molecule has 0 bridgehead atoms. The Morgan fingerprint density at radius 2 is 1.34 bits per heavy atom. The SMILES string of the molecule is CC(=O)NC1CCN(C(=O)c2ccc(NC(=O)Nc3ccc(-c4nc(N5CCOCC5)nc(N5CCCN(C(C)C)CC5)n4)cc3)cc2)CC1. The van der Waals surface area contributed by atoms with E-state index in [0.717, 1.165) is 64.1 Å². The van der Waals surface area contributed by atoms with Crippen LogP contribution in [0.15, 0.2) is 48.5 Å². The van der Waals surface area contributed by atoms with Gasteiger partial charge in [0.1, 0.15) is 0 Å². The first kappa shape index (κ1) is 35.0. The van der Waals surface area contributed by atoms with Gasteiger partial charge in [-0.3, -0.25) is 14.5 Å². The molecule has 266 valence electrons. The molecule has 3 aliphatic rings. The number of rotatable bonds is 8. The number of ether oxygens (including phenoxy) is 1. The number of anilines is 4. The minimum atomic E-state index is -0.398. The second-order valence-corrected chi connectivity index (χ2v) is 13.3. The maximum atomic E-state index is 13.0. The summed E-state index contributed by atoms with van der Waals surface area (Å²) in [5, 5.41) is 8.64. The molecule has 3 saturated heterocycles. The largest absolute Gasteiger partial charge is 0.378 e. The van der Waals surface area contributed by atoms with Gasteiger partial charge in [-0.1, -0.05) is 0 Å². The van der Waals surface area contributed by atoms with Crippen LogP contribution in [0.5, 0.6) is 0 Å². The van der Waals surface area contributed by atoms with Crippen LogP contribution in [0.4, 0.5) is 28.1 Å². The summed E-state index contributed by atoms with van der Waals surface area (Å²) < 4.78 is 5.57. The Morgan fingerprint density at radius 1 is 0.740 bits per heavy atom. The summed E-state index contributed by atoms with van der Waals surface area (Å²) in [5.74, 6) is 1.81. The van der Waals surface area contributed by atoms with Crippen LogP contribution in [0, 0.1) is 0 Å². The molecule has 2 aromatic carbocycles. The van der Waals surface area contributed by atoms with Crippen molar-refractivity contribution >= 4 is 41.1 Å². The Kier molecular flexibility index (Phi) is 11.4. The van der Waals surface area contributed by atoms with Crippen LogP contribution in [0.1, 0.15) is 50.4 Å². The predicted octanol–water partition coefficient (Wildman–Crippen LogP) is 3.68. The standard InChI is InChI=1S/C36H48N10O4/c1-25(2)43-15-4-16-45(20-19-43)34-40-32(41-35(42-34)46-21-23-50-24-22-46)27-5-9-29(10-6-27)38-36(49)39-30-11-7-28(8-12-30)33(48)44-17-13-31(14-18-44)37-26(3)47/h5-12,25,31H,4,13-24H2,1-3H3,(H,37,47)(H2,38,39,49). The second kappa shape index (κ2) is 16.3. The van der Waals surface area contributed by atoms with E-state index in [1.54, 1.807) is 29.2 Å². The van der Waals surface area contributed by atoms with E-state index in [1.165, 1.54) is 6.92 Å². The molecule has 3 aliphatic heterocycles. The van der Waals surface area contributed by atoms with E-state index in [9.17, 15) is 14.4 Å². The predicted molar refractivity (Wildman–Crippen MR) is 194 cm³/mol. The van der Waals surface area contributed by atoms with Gasteiger partial charge in [-0.2, -0.15) is 15.0 Å². The number of amides is 4. The molecule has 0 radical (unpaired) electrons. The van der Waals surface area contributed by atoms with Crippen LogP contribution >= 0.6 is 0 Å². The molecule has 50 heavy (non-hydrogen) atoms. The zero-order chi connectivity index (χ0) is 35.0. The fourth-order valence-corrected chi connectivity index (χ4v) is 6.57.